The van der Waals surface area contributed by atoms with E-state index >= 15 is 0 Å². The van der Waals surface area contributed by atoms with Gasteiger partial charge in [-0.05, 0) is 43.5 Å². The van der Waals surface area contributed by atoms with Crippen LogP contribution in [0.4, 0.5) is 0 Å². The Labute approximate surface area is 126 Å². The van der Waals surface area contributed by atoms with E-state index in [0.717, 1.165) is 18.7 Å². The van der Waals surface area contributed by atoms with Crippen LogP contribution in [-0.4, -0.2) is 0 Å². The Hall–Kier alpha value is -1.09. The van der Waals surface area contributed by atoms with Crippen LogP contribution < -0.4 is 5.73 Å². The smallest absolute Gasteiger partial charge is 0.102 e. The van der Waals surface area contributed by atoms with Crippen LogP contribution in [0.5, 0.6) is 0 Å². The van der Waals surface area contributed by atoms with Gasteiger partial charge < -0.3 is 5.73 Å². The molecule has 5 heteroatoms. The van der Waals surface area contributed by atoms with E-state index < -0.39 is 0 Å². The molecular formula is C13H8Br2N2S. The Balaban J connectivity index is 2.55. The van der Waals surface area contributed by atoms with Crippen molar-refractivity contribution in [1.29, 1.82) is 5.26 Å². The molecule has 0 fully saturated rings. The van der Waals surface area contributed by atoms with Crippen LogP contribution in [0, 0.1) is 11.3 Å². The highest BCUT2D eigenvalue weighted by Gasteiger charge is 2.12. The summed E-state index contributed by atoms with van der Waals surface area (Å²) in [6, 6.07) is 13.5. The van der Waals surface area contributed by atoms with Gasteiger partial charge >= 0.3 is 0 Å². The Morgan fingerprint density at radius 2 is 1.89 bits per heavy atom. The van der Waals surface area contributed by atoms with E-state index in [2.05, 4.69) is 37.9 Å². The first-order chi connectivity index (χ1) is 8.63. The molecule has 0 aliphatic rings. The molecule has 2 aromatic rings. The molecule has 0 spiro atoms. The van der Waals surface area contributed by atoms with Gasteiger partial charge in [-0.3, -0.25) is 0 Å². The molecule has 1 aromatic carbocycles. The van der Waals surface area contributed by atoms with E-state index in [1.807, 2.05) is 36.4 Å². The van der Waals surface area contributed by atoms with Crippen LogP contribution in [0.1, 0.15) is 10.4 Å². The Morgan fingerprint density at radius 1 is 1.22 bits per heavy atom. The summed E-state index contributed by atoms with van der Waals surface area (Å²) < 4.78 is 1.90. The molecule has 2 N–H and O–H groups in total. The molecule has 0 unspecified atom stereocenters. The zero-order valence-corrected chi connectivity index (χ0v) is 13.1. The third-order valence-corrected chi connectivity index (χ3v) is 5.64. The largest absolute Gasteiger partial charge is 0.396 e. The van der Waals surface area contributed by atoms with Gasteiger partial charge in [0.15, 0.2) is 0 Å². The predicted octanol–water partition coefficient (Wildman–Crippen LogP) is 4.62. The van der Waals surface area contributed by atoms with Gasteiger partial charge in [-0.25, -0.2) is 0 Å². The van der Waals surface area contributed by atoms with E-state index in [4.69, 9.17) is 5.73 Å². The lowest BCUT2D eigenvalue weighted by atomic mass is 10.0. The Morgan fingerprint density at radius 3 is 2.39 bits per heavy atom. The predicted molar refractivity (Wildman–Crippen MR) is 82.8 cm³/mol. The van der Waals surface area contributed by atoms with Crippen LogP contribution in [-0.2, 0) is 0 Å². The number of benzene rings is 1. The maximum atomic E-state index is 9.28. The molecule has 0 aliphatic heterocycles. The van der Waals surface area contributed by atoms with Crippen molar-refractivity contribution in [2.45, 2.75) is 0 Å². The van der Waals surface area contributed by atoms with E-state index in [0.29, 0.717) is 11.3 Å². The van der Waals surface area contributed by atoms with Crippen molar-refractivity contribution in [2.24, 2.45) is 5.73 Å². The van der Waals surface area contributed by atoms with Crippen LogP contribution in [0.15, 0.2) is 44.7 Å². The van der Waals surface area contributed by atoms with Crippen LogP contribution in [0.3, 0.4) is 0 Å². The summed E-state index contributed by atoms with van der Waals surface area (Å²) in [5.74, 6) is 0. The molecule has 0 atom stereocenters. The number of hydrogen-bond donors (Lipinski definition) is 1. The minimum absolute atomic E-state index is 0.497. The van der Waals surface area contributed by atoms with Gasteiger partial charge in [-0.15, -0.1) is 11.3 Å². The summed E-state index contributed by atoms with van der Waals surface area (Å²) in [5, 5.41) is 9.28. The highest BCUT2D eigenvalue weighted by atomic mass is 79.9. The van der Waals surface area contributed by atoms with Crippen molar-refractivity contribution >= 4 is 54.5 Å². The van der Waals surface area contributed by atoms with Gasteiger partial charge in [0, 0.05) is 4.47 Å². The lowest BCUT2D eigenvalue weighted by Gasteiger charge is -2.03. The molecule has 90 valence electrons. The van der Waals surface area contributed by atoms with Gasteiger partial charge in [0.25, 0.3) is 0 Å². The van der Waals surface area contributed by atoms with E-state index in [1.54, 1.807) is 0 Å². The Bertz CT molecular complexity index is 619. The fourth-order valence-corrected chi connectivity index (χ4v) is 3.49. The minimum atomic E-state index is 0.497. The molecule has 0 amide bonds. The average molecular weight is 384 g/mol. The summed E-state index contributed by atoms with van der Waals surface area (Å²) in [6.45, 7) is 0. The first-order valence-corrected chi connectivity index (χ1v) is 7.44. The zero-order valence-electron chi connectivity index (χ0n) is 9.15. The number of thiophene rings is 1. The lowest BCUT2D eigenvalue weighted by Crippen LogP contribution is -1.98. The Kier molecular flexibility index (Phi) is 4.23. The second kappa shape index (κ2) is 5.70. The van der Waals surface area contributed by atoms with E-state index in [9.17, 15) is 5.26 Å². The van der Waals surface area contributed by atoms with Gasteiger partial charge in [-0.2, -0.15) is 5.26 Å². The highest BCUT2D eigenvalue weighted by molar-refractivity contribution is 9.13. The summed E-state index contributed by atoms with van der Waals surface area (Å²) >= 11 is 8.33. The first-order valence-electron chi connectivity index (χ1n) is 5.04. The molecular weight excluding hydrogens is 376 g/mol. The quantitative estimate of drug-likeness (QED) is 0.769. The van der Waals surface area contributed by atoms with Crippen molar-refractivity contribution in [3.8, 4) is 6.07 Å². The van der Waals surface area contributed by atoms with Gasteiger partial charge in [0.05, 0.1) is 19.9 Å². The van der Waals surface area contributed by atoms with Crippen molar-refractivity contribution < 1.29 is 0 Å². The average Bonchev–Trinajstić information content (AvgIpc) is 2.72. The van der Waals surface area contributed by atoms with Crippen molar-refractivity contribution in [3.05, 3.63) is 55.1 Å². The minimum Gasteiger partial charge on any atom is -0.396 e. The summed E-state index contributed by atoms with van der Waals surface area (Å²) in [7, 11) is 0. The van der Waals surface area contributed by atoms with Gasteiger partial charge in [0.2, 0.25) is 0 Å². The maximum Gasteiger partial charge on any atom is 0.102 e. The molecule has 18 heavy (non-hydrogen) atoms. The van der Waals surface area contributed by atoms with Crippen LogP contribution in [0.2, 0.25) is 0 Å². The third-order valence-electron chi connectivity index (χ3n) is 2.35. The van der Waals surface area contributed by atoms with Gasteiger partial charge in [0.1, 0.15) is 6.07 Å². The summed E-state index contributed by atoms with van der Waals surface area (Å²) in [6.07, 6.45) is 0. The summed E-state index contributed by atoms with van der Waals surface area (Å²) in [5.41, 5.74) is 7.92. The molecule has 0 aliphatic carbocycles. The first kappa shape index (κ1) is 13.3. The number of allylic oxidation sites excluding steroid dienone is 1. The lowest BCUT2D eigenvalue weighted by molar-refractivity contribution is 1.50. The number of nitrogens with zero attached hydrogens (tertiary/aromatic N) is 1. The molecule has 2 nitrogen and oxygen atoms in total. The fraction of sp³-hybridized carbons (Fsp3) is 0. The molecule has 0 saturated heterocycles. The zero-order chi connectivity index (χ0) is 13.1. The normalized spacial score (nSPS) is 11.8. The second-order valence-electron chi connectivity index (χ2n) is 3.50. The van der Waals surface area contributed by atoms with E-state index in [-0.39, 0.29) is 0 Å². The number of nitriles is 1. The second-order valence-corrected chi connectivity index (χ2v) is 6.72. The van der Waals surface area contributed by atoms with Crippen molar-refractivity contribution in [2.75, 3.05) is 0 Å². The van der Waals surface area contributed by atoms with Gasteiger partial charge in [-0.1, -0.05) is 30.3 Å². The molecule has 1 aromatic heterocycles. The SMILES string of the molecule is N#C/C(=C(/N)c1cc(Br)c(Br)s1)c1ccccc1. The number of rotatable bonds is 2. The van der Waals surface area contributed by atoms with E-state index in [1.165, 1.54) is 11.3 Å². The summed E-state index contributed by atoms with van der Waals surface area (Å²) in [4.78, 5) is 0.870. The molecule has 0 radical (unpaired) electrons. The monoisotopic (exact) mass is 382 g/mol. The molecule has 1 heterocycles. The molecule has 0 saturated carbocycles. The van der Waals surface area contributed by atoms with Crippen LogP contribution in [0.25, 0.3) is 11.3 Å². The molecule has 2 rings (SSSR count). The van der Waals surface area contributed by atoms with Crippen molar-refractivity contribution in [1.82, 2.24) is 0 Å². The molecule has 0 bridgehead atoms. The number of nitrogens with two attached hydrogens (primary N) is 1. The maximum absolute atomic E-state index is 9.28. The topological polar surface area (TPSA) is 49.8 Å². The number of halogens is 2. The standard InChI is InChI=1S/C13H8Br2N2S/c14-10-6-11(18-13(10)15)12(17)9(7-16)8-4-2-1-3-5-8/h1-6H,17H2/b12-9-. The number of hydrogen-bond acceptors (Lipinski definition) is 3. The third kappa shape index (κ3) is 2.66. The van der Waals surface area contributed by atoms with Crippen LogP contribution >= 0.6 is 43.2 Å². The fourth-order valence-electron chi connectivity index (χ4n) is 1.49. The highest BCUT2D eigenvalue weighted by Crippen LogP contribution is 2.36. The van der Waals surface area contributed by atoms with Crippen molar-refractivity contribution in [3.63, 3.8) is 0 Å².